The van der Waals surface area contributed by atoms with Gasteiger partial charge in [-0.3, -0.25) is 19.5 Å². The predicted molar refractivity (Wildman–Crippen MR) is 137 cm³/mol. The van der Waals surface area contributed by atoms with Crippen LogP contribution in [0, 0.1) is 5.92 Å². The maximum absolute atomic E-state index is 13.5. The zero-order chi connectivity index (χ0) is 25.8. The lowest BCUT2D eigenvalue weighted by molar-refractivity contribution is -0.149. The fourth-order valence-corrected chi connectivity index (χ4v) is 5.09. The fraction of sp³-hybridized carbons (Fsp3) is 0.556. The van der Waals surface area contributed by atoms with Gasteiger partial charge in [0.15, 0.2) is 0 Å². The molecule has 0 radical (unpaired) electrons. The van der Waals surface area contributed by atoms with Gasteiger partial charge < -0.3 is 14.4 Å². The summed E-state index contributed by atoms with van der Waals surface area (Å²) in [5, 5.41) is 1.59. The van der Waals surface area contributed by atoms with Gasteiger partial charge in [0.25, 0.3) is 5.91 Å². The molecule has 2 aromatic rings. The molecule has 2 amide bonds. The molecule has 1 aliphatic heterocycles. The number of carbonyl (C=O) groups excluding carboxylic acids is 3. The number of carbonyl (C=O) groups is 3. The second kappa shape index (κ2) is 11.5. The number of esters is 1. The van der Waals surface area contributed by atoms with Gasteiger partial charge in [0.2, 0.25) is 0 Å². The maximum atomic E-state index is 13.5. The van der Waals surface area contributed by atoms with Crippen LogP contribution in [0.1, 0.15) is 61.6 Å². The molecule has 9 heteroatoms. The summed E-state index contributed by atoms with van der Waals surface area (Å²) in [6, 6.07) is 4.96. The number of nitrogens with zero attached hydrogens (tertiary/aromatic N) is 3. The van der Waals surface area contributed by atoms with E-state index in [-0.39, 0.29) is 30.9 Å². The van der Waals surface area contributed by atoms with Gasteiger partial charge in [-0.05, 0) is 49.8 Å². The molecule has 0 bridgehead atoms. The molecule has 194 valence electrons. The third kappa shape index (κ3) is 5.59. The predicted octanol–water partition coefficient (Wildman–Crippen LogP) is 4.64. The number of hydrogen-bond acceptors (Lipinski definition) is 6. The summed E-state index contributed by atoms with van der Waals surface area (Å²) < 4.78 is 10.8. The Morgan fingerprint density at radius 2 is 1.92 bits per heavy atom. The number of pyridine rings is 1. The van der Waals surface area contributed by atoms with Crippen LogP contribution >= 0.6 is 11.6 Å². The lowest BCUT2D eigenvalue weighted by atomic mass is 9.94. The third-order valence-corrected chi connectivity index (χ3v) is 7.20. The summed E-state index contributed by atoms with van der Waals surface area (Å²) in [4.78, 5) is 46.3. The molecular weight excluding hydrogens is 482 g/mol. The smallest absolute Gasteiger partial charge is 0.410 e. The van der Waals surface area contributed by atoms with Gasteiger partial charge in [0.05, 0.1) is 29.1 Å². The highest BCUT2D eigenvalue weighted by atomic mass is 35.5. The number of benzene rings is 1. The normalized spacial score (nSPS) is 17.8. The van der Waals surface area contributed by atoms with Crippen molar-refractivity contribution in [1.29, 1.82) is 0 Å². The number of aryl methyl sites for hydroxylation is 1. The number of hydrogen-bond donors (Lipinski definition) is 0. The monoisotopic (exact) mass is 515 g/mol. The molecule has 2 aliphatic rings. The van der Waals surface area contributed by atoms with Crippen molar-refractivity contribution in [3.63, 3.8) is 0 Å². The first-order chi connectivity index (χ1) is 17.3. The number of fused-ring (bicyclic) bond motifs is 2. The minimum Gasteiger partial charge on any atom is -0.463 e. The van der Waals surface area contributed by atoms with Crippen molar-refractivity contribution in [3.8, 4) is 0 Å². The van der Waals surface area contributed by atoms with E-state index >= 15 is 0 Å². The molecule has 1 aliphatic carbocycles. The highest BCUT2D eigenvalue weighted by Crippen LogP contribution is 2.33. The summed E-state index contributed by atoms with van der Waals surface area (Å²) >= 11 is 6.70. The van der Waals surface area contributed by atoms with E-state index in [0.29, 0.717) is 31.7 Å². The molecular formula is C27H34ClN3O5. The summed E-state index contributed by atoms with van der Waals surface area (Å²) in [6.07, 6.45) is 4.29. The average molecular weight is 516 g/mol. The van der Waals surface area contributed by atoms with Crippen LogP contribution in [0.3, 0.4) is 0 Å². The number of halogens is 1. The highest BCUT2D eigenvalue weighted by Gasteiger charge is 2.35. The minimum absolute atomic E-state index is 0.00301. The molecule has 8 nitrogen and oxygen atoms in total. The first-order valence-corrected chi connectivity index (χ1v) is 13.2. The summed E-state index contributed by atoms with van der Waals surface area (Å²) in [7, 11) is 0. The largest absolute Gasteiger partial charge is 0.463 e. The second-order valence-electron chi connectivity index (χ2n) is 9.79. The lowest BCUT2D eigenvalue weighted by Gasteiger charge is -2.40. The molecule has 2 heterocycles. The molecule has 36 heavy (non-hydrogen) atoms. The van der Waals surface area contributed by atoms with Crippen LogP contribution in [0.4, 0.5) is 4.79 Å². The van der Waals surface area contributed by atoms with Crippen LogP contribution in [0.15, 0.2) is 18.2 Å². The summed E-state index contributed by atoms with van der Waals surface area (Å²) in [6.45, 7) is 6.63. The van der Waals surface area contributed by atoms with Crippen LogP contribution in [-0.2, 0) is 27.1 Å². The SMILES string of the molecule is CCCOC(=O)N1CCN(C(=O)c2ccc3c(Cl)c4c(nc3c2)CCCC4)CC1COC(=O)C(C)C. The Bertz CT molecular complexity index is 1150. The van der Waals surface area contributed by atoms with Crippen LogP contribution in [0.25, 0.3) is 10.9 Å². The van der Waals surface area contributed by atoms with Crippen molar-refractivity contribution >= 4 is 40.5 Å². The van der Waals surface area contributed by atoms with Crippen LogP contribution < -0.4 is 0 Å². The van der Waals surface area contributed by atoms with Crippen LogP contribution in [-0.4, -0.2) is 71.6 Å². The number of piperazine rings is 1. The molecule has 0 spiro atoms. The minimum atomic E-state index is -0.491. The van der Waals surface area contributed by atoms with Crippen molar-refractivity contribution in [3.05, 3.63) is 40.0 Å². The van der Waals surface area contributed by atoms with Crippen molar-refractivity contribution < 1.29 is 23.9 Å². The molecule has 1 aromatic heterocycles. The Morgan fingerprint density at radius 3 is 2.67 bits per heavy atom. The van der Waals surface area contributed by atoms with E-state index < -0.39 is 12.1 Å². The first kappa shape index (κ1) is 26.2. The molecule has 1 atom stereocenters. The number of rotatable bonds is 6. The van der Waals surface area contributed by atoms with Gasteiger partial charge >= 0.3 is 12.1 Å². The Morgan fingerprint density at radius 1 is 1.14 bits per heavy atom. The fourth-order valence-electron chi connectivity index (χ4n) is 4.72. The summed E-state index contributed by atoms with van der Waals surface area (Å²) in [5.74, 6) is -0.787. The number of amides is 2. The van der Waals surface area contributed by atoms with Gasteiger partial charge in [-0.25, -0.2) is 4.79 Å². The highest BCUT2D eigenvalue weighted by molar-refractivity contribution is 6.36. The van der Waals surface area contributed by atoms with E-state index in [2.05, 4.69) is 0 Å². The summed E-state index contributed by atoms with van der Waals surface area (Å²) in [5.41, 5.74) is 3.38. The van der Waals surface area contributed by atoms with Crippen molar-refractivity contribution in [2.75, 3.05) is 32.8 Å². The Labute approximate surface area is 216 Å². The molecule has 1 saturated heterocycles. The topological polar surface area (TPSA) is 89.0 Å². The van der Waals surface area contributed by atoms with Gasteiger partial charge in [-0.2, -0.15) is 0 Å². The molecule has 1 aromatic carbocycles. The molecule has 4 rings (SSSR count). The maximum Gasteiger partial charge on any atom is 0.410 e. The Hall–Kier alpha value is -2.87. The molecule has 1 fully saturated rings. The Kier molecular flexibility index (Phi) is 8.34. The zero-order valence-corrected chi connectivity index (χ0v) is 22.0. The van der Waals surface area contributed by atoms with E-state index in [0.717, 1.165) is 52.9 Å². The Balaban J connectivity index is 1.54. The van der Waals surface area contributed by atoms with Gasteiger partial charge in [-0.15, -0.1) is 0 Å². The number of aromatic nitrogens is 1. The van der Waals surface area contributed by atoms with Gasteiger partial charge in [0.1, 0.15) is 6.61 Å². The molecule has 0 saturated carbocycles. The standard InChI is InChI=1S/C27H34ClN3O5/c1-4-13-35-27(34)31-12-11-30(15-19(31)16-36-26(33)17(2)3)25(32)18-9-10-21-23(14-18)29-22-8-6-5-7-20(22)24(21)28/h9-10,14,17,19H,4-8,11-13,15-16H2,1-3H3. The van der Waals surface area contributed by atoms with E-state index in [4.69, 9.17) is 26.1 Å². The average Bonchev–Trinajstić information content (AvgIpc) is 2.89. The van der Waals surface area contributed by atoms with E-state index in [9.17, 15) is 14.4 Å². The van der Waals surface area contributed by atoms with Crippen molar-refractivity contribution in [1.82, 2.24) is 14.8 Å². The third-order valence-electron chi connectivity index (χ3n) is 6.76. The molecule has 1 unspecified atom stereocenters. The van der Waals surface area contributed by atoms with E-state index in [1.54, 1.807) is 35.8 Å². The van der Waals surface area contributed by atoms with E-state index in [1.807, 2.05) is 13.0 Å². The second-order valence-corrected chi connectivity index (χ2v) is 10.2. The quantitative estimate of drug-likeness (QED) is 0.521. The first-order valence-electron chi connectivity index (χ1n) is 12.8. The molecule has 0 N–H and O–H groups in total. The van der Waals surface area contributed by atoms with Crippen molar-refractivity contribution in [2.45, 2.75) is 58.9 Å². The zero-order valence-electron chi connectivity index (χ0n) is 21.2. The number of ether oxygens (including phenoxy) is 2. The van der Waals surface area contributed by atoms with Crippen LogP contribution in [0.5, 0.6) is 0 Å². The van der Waals surface area contributed by atoms with Gasteiger partial charge in [-0.1, -0.05) is 38.4 Å². The van der Waals surface area contributed by atoms with Crippen molar-refractivity contribution in [2.24, 2.45) is 5.92 Å². The van der Waals surface area contributed by atoms with Crippen LogP contribution in [0.2, 0.25) is 5.02 Å². The lowest BCUT2D eigenvalue weighted by Crippen LogP contribution is -2.58. The van der Waals surface area contributed by atoms with Gasteiger partial charge in [0, 0.05) is 36.3 Å². The van der Waals surface area contributed by atoms with E-state index in [1.165, 1.54) is 0 Å².